The number of anilines is 2. The predicted molar refractivity (Wildman–Crippen MR) is 88.4 cm³/mol. The molecular formula is C15H13BrN4O3. The quantitative estimate of drug-likeness (QED) is 0.750. The number of nitrogens with one attached hydrogen (secondary N) is 1. The molecule has 0 aliphatic heterocycles. The van der Waals surface area contributed by atoms with Crippen molar-refractivity contribution in [3.63, 3.8) is 0 Å². The van der Waals surface area contributed by atoms with Gasteiger partial charge in [0.25, 0.3) is 11.8 Å². The molecule has 8 heteroatoms. The van der Waals surface area contributed by atoms with Gasteiger partial charge in [0.2, 0.25) is 0 Å². The Bertz CT molecular complexity index is 823. The van der Waals surface area contributed by atoms with Crippen molar-refractivity contribution in [2.24, 2.45) is 0 Å². The second kappa shape index (κ2) is 6.25. The molecule has 0 fully saturated rings. The molecule has 0 aliphatic rings. The zero-order valence-electron chi connectivity index (χ0n) is 12.4. The average Bonchev–Trinajstić information content (AvgIpc) is 3.16. The van der Waals surface area contributed by atoms with Gasteiger partial charge in [-0.15, -0.1) is 5.10 Å². The first kappa shape index (κ1) is 15.3. The van der Waals surface area contributed by atoms with E-state index >= 15 is 0 Å². The lowest BCUT2D eigenvalue weighted by Crippen LogP contribution is -2.13. The van der Waals surface area contributed by atoms with Crippen LogP contribution in [0.15, 0.2) is 49.9 Å². The first-order valence-corrected chi connectivity index (χ1v) is 7.50. The number of hydrogen-bond acceptors (Lipinski definition) is 6. The highest BCUT2D eigenvalue weighted by molar-refractivity contribution is 9.10. The monoisotopic (exact) mass is 376 g/mol. The average molecular weight is 377 g/mol. The molecule has 0 spiro atoms. The third kappa shape index (κ3) is 3.42. The van der Waals surface area contributed by atoms with E-state index in [9.17, 15) is 4.79 Å². The zero-order valence-corrected chi connectivity index (χ0v) is 14.0. The van der Waals surface area contributed by atoms with Gasteiger partial charge in [0.1, 0.15) is 0 Å². The van der Waals surface area contributed by atoms with Gasteiger partial charge in [-0.3, -0.25) is 10.1 Å². The van der Waals surface area contributed by atoms with E-state index in [-0.39, 0.29) is 17.8 Å². The lowest BCUT2D eigenvalue weighted by molar-refractivity contribution is 0.102. The van der Waals surface area contributed by atoms with Crippen molar-refractivity contribution in [1.29, 1.82) is 0 Å². The molecule has 0 saturated carbocycles. The van der Waals surface area contributed by atoms with Gasteiger partial charge in [-0.1, -0.05) is 5.10 Å². The fourth-order valence-corrected chi connectivity index (χ4v) is 2.19. The summed E-state index contributed by atoms with van der Waals surface area (Å²) in [5.41, 5.74) is 1.50. The molecule has 0 saturated heterocycles. The minimum Gasteiger partial charge on any atom is -0.444 e. The Kier molecular flexibility index (Phi) is 4.16. The molecule has 118 valence electrons. The molecule has 0 aliphatic carbocycles. The number of halogens is 1. The number of rotatable bonds is 4. The summed E-state index contributed by atoms with van der Waals surface area (Å²) in [6.45, 7) is 0. The molecule has 0 atom stereocenters. The van der Waals surface area contributed by atoms with Crippen molar-refractivity contribution in [3.8, 4) is 11.7 Å². The van der Waals surface area contributed by atoms with Crippen molar-refractivity contribution >= 4 is 33.5 Å². The van der Waals surface area contributed by atoms with Crippen molar-refractivity contribution in [2.45, 2.75) is 0 Å². The Morgan fingerprint density at radius 2 is 1.83 bits per heavy atom. The van der Waals surface area contributed by atoms with E-state index in [1.54, 1.807) is 24.3 Å². The Morgan fingerprint density at radius 1 is 1.09 bits per heavy atom. The molecule has 0 unspecified atom stereocenters. The topological polar surface area (TPSA) is 84.4 Å². The van der Waals surface area contributed by atoms with Crippen molar-refractivity contribution < 1.29 is 13.6 Å². The van der Waals surface area contributed by atoms with Crippen LogP contribution in [0, 0.1) is 0 Å². The highest BCUT2D eigenvalue weighted by atomic mass is 79.9. The molecule has 7 nitrogen and oxygen atoms in total. The van der Waals surface area contributed by atoms with Crippen LogP contribution in [-0.2, 0) is 0 Å². The summed E-state index contributed by atoms with van der Waals surface area (Å²) in [5, 5.41) is 10.2. The highest BCUT2D eigenvalue weighted by Gasteiger charge is 2.15. The molecule has 3 rings (SSSR count). The third-order valence-electron chi connectivity index (χ3n) is 3.08. The molecule has 2 heterocycles. The maximum atomic E-state index is 12.2. The summed E-state index contributed by atoms with van der Waals surface area (Å²) in [7, 11) is 3.87. The van der Waals surface area contributed by atoms with Gasteiger partial charge in [0, 0.05) is 25.3 Å². The van der Waals surface area contributed by atoms with Gasteiger partial charge in [-0.2, -0.15) is 0 Å². The number of amides is 1. The number of aromatic nitrogens is 2. The summed E-state index contributed by atoms with van der Waals surface area (Å²) < 4.78 is 11.2. The standard InChI is InChI=1S/C15H13BrN4O3/c1-20(2)10-5-3-9(4-6-10)13(21)17-15-19-18-14(23-15)11-7-8-12(16)22-11/h3-8H,1-2H3,(H,17,19,21). The minimum absolute atomic E-state index is 0.00853. The summed E-state index contributed by atoms with van der Waals surface area (Å²) in [4.78, 5) is 14.1. The predicted octanol–water partition coefficient (Wildman–Crippen LogP) is 3.41. The van der Waals surface area contributed by atoms with Gasteiger partial charge >= 0.3 is 6.01 Å². The number of carbonyl (C=O) groups is 1. The third-order valence-corrected chi connectivity index (χ3v) is 3.50. The smallest absolute Gasteiger partial charge is 0.322 e. The molecule has 0 radical (unpaired) electrons. The Morgan fingerprint density at radius 3 is 2.43 bits per heavy atom. The van der Waals surface area contributed by atoms with Crippen LogP contribution >= 0.6 is 15.9 Å². The first-order valence-electron chi connectivity index (χ1n) is 6.71. The maximum absolute atomic E-state index is 12.2. The van der Waals surface area contributed by atoms with Gasteiger partial charge in [0.05, 0.1) is 0 Å². The number of carbonyl (C=O) groups excluding carboxylic acids is 1. The molecule has 2 aromatic heterocycles. The van der Waals surface area contributed by atoms with E-state index < -0.39 is 0 Å². The molecule has 1 aromatic carbocycles. The van der Waals surface area contributed by atoms with Gasteiger partial charge < -0.3 is 13.7 Å². The lowest BCUT2D eigenvalue weighted by atomic mass is 10.2. The molecule has 23 heavy (non-hydrogen) atoms. The molecule has 3 aromatic rings. The second-order valence-corrected chi connectivity index (χ2v) is 5.69. The Labute approximate surface area is 140 Å². The summed E-state index contributed by atoms with van der Waals surface area (Å²) in [6.07, 6.45) is 0. The van der Waals surface area contributed by atoms with E-state index in [4.69, 9.17) is 8.83 Å². The molecule has 1 N–H and O–H groups in total. The lowest BCUT2D eigenvalue weighted by Gasteiger charge is -2.12. The van der Waals surface area contributed by atoms with E-state index in [2.05, 4.69) is 31.4 Å². The fourth-order valence-electron chi connectivity index (χ4n) is 1.88. The number of benzene rings is 1. The van der Waals surface area contributed by atoms with Crippen LogP contribution in [0.1, 0.15) is 10.4 Å². The minimum atomic E-state index is -0.328. The van der Waals surface area contributed by atoms with Crippen LogP contribution in [0.3, 0.4) is 0 Å². The Balaban J connectivity index is 1.72. The van der Waals surface area contributed by atoms with Crippen LogP contribution in [0.25, 0.3) is 11.7 Å². The van der Waals surface area contributed by atoms with Crippen molar-refractivity contribution in [3.05, 3.63) is 46.6 Å². The van der Waals surface area contributed by atoms with Crippen LogP contribution < -0.4 is 10.2 Å². The van der Waals surface area contributed by atoms with Crippen LogP contribution in [0.2, 0.25) is 0 Å². The van der Waals surface area contributed by atoms with E-state index in [1.807, 2.05) is 31.1 Å². The van der Waals surface area contributed by atoms with Crippen molar-refractivity contribution in [1.82, 2.24) is 10.2 Å². The summed E-state index contributed by atoms with van der Waals surface area (Å²) >= 11 is 3.19. The van der Waals surface area contributed by atoms with Crippen LogP contribution in [0.4, 0.5) is 11.7 Å². The highest BCUT2D eigenvalue weighted by Crippen LogP contribution is 2.25. The number of nitrogens with zero attached hydrogens (tertiary/aromatic N) is 3. The van der Waals surface area contributed by atoms with Gasteiger partial charge in [0.15, 0.2) is 10.4 Å². The van der Waals surface area contributed by atoms with Crippen molar-refractivity contribution in [2.75, 3.05) is 24.3 Å². The van der Waals surface area contributed by atoms with Gasteiger partial charge in [-0.25, -0.2) is 0 Å². The maximum Gasteiger partial charge on any atom is 0.322 e. The van der Waals surface area contributed by atoms with E-state index in [1.165, 1.54) is 0 Å². The zero-order chi connectivity index (χ0) is 16.4. The Hall–Kier alpha value is -2.61. The largest absolute Gasteiger partial charge is 0.444 e. The van der Waals surface area contributed by atoms with Gasteiger partial charge in [-0.05, 0) is 52.3 Å². The molecule has 0 bridgehead atoms. The van der Waals surface area contributed by atoms with Crippen LogP contribution in [0.5, 0.6) is 0 Å². The molecule has 1 amide bonds. The number of hydrogen-bond donors (Lipinski definition) is 1. The first-order chi connectivity index (χ1) is 11.0. The van der Waals surface area contributed by atoms with E-state index in [0.29, 0.717) is 16.0 Å². The number of furan rings is 1. The normalized spacial score (nSPS) is 10.6. The SMILES string of the molecule is CN(C)c1ccc(C(=O)Nc2nnc(-c3ccc(Br)o3)o2)cc1. The fraction of sp³-hybridized carbons (Fsp3) is 0.133. The summed E-state index contributed by atoms with van der Waals surface area (Å²) in [5.74, 6) is 0.278. The van der Waals surface area contributed by atoms with E-state index in [0.717, 1.165) is 5.69 Å². The summed E-state index contributed by atoms with van der Waals surface area (Å²) in [6, 6.07) is 10.6. The molecular weight excluding hydrogens is 364 g/mol. The second-order valence-electron chi connectivity index (χ2n) is 4.91. The van der Waals surface area contributed by atoms with Crippen LogP contribution in [-0.4, -0.2) is 30.2 Å².